The standard InChI is InChI=1S/C25H23N3O2.2C2H6/c1-14-5-12-22-21(13-14)27-24-18-10-11-20(26-15-6-8-16(29)9-7-15)17-3-2-4-19(23(17)18)25(30)28(22)24;2*1-2/h2-5,10-13,15-16,26,29H,6-9H2,1H3;2*1-2H3. The summed E-state index contributed by atoms with van der Waals surface area (Å²) in [5, 5.41) is 17.2. The molecule has 5 aromatic rings. The maximum Gasteiger partial charge on any atom is 0.264 e. The average molecular weight is 458 g/mol. The summed E-state index contributed by atoms with van der Waals surface area (Å²) >= 11 is 0. The van der Waals surface area contributed by atoms with Crippen LogP contribution in [-0.4, -0.2) is 26.6 Å². The van der Waals surface area contributed by atoms with E-state index in [1.165, 1.54) is 0 Å². The summed E-state index contributed by atoms with van der Waals surface area (Å²) in [6.07, 6.45) is 3.41. The summed E-state index contributed by atoms with van der Waals surface area (Å²) in [5.74, 6) is 0. The first-order valence-electron chi connectivity index (χ1n) is 12.6. The van der Waals surface area contributed by atoms with Crippen LogP contribution in [0.4, 0.5) is 5.69 Å². The second-order valence-corrected chi connectivity index (χ2v) is 8.61. The number of imidazole rings is 1. The number of anilines is 1. The molecule has 2 heterocycles. The molecule has 178 valence electrons. The Hall–Kier alpha value is -3.18. The molecule has 0 aliphatic heterocycles. The van der Waals surface area contributed by atoms with Gasteiger partial charge in [0, 0.05) is 33.3 Å². The van der Waals surface area contributed by atoms with Crippen molar-refractivity contribution in [1.29, 1.82) is 0 Å². The maximum absolute atomic E-state index is 13.5. The van der Waals surface area contributed by atoms with Gasteiger partial charge in [-0.2, -0.15) is 0 Å². The molecular formula is C29H35N3O2. The number of pyridine rings is 1. The van der Waals surface area contributed by atoms with Crippen molar-refractivity contribution in [3.05, 3.63) is 64.4 Å². The Morgan fingerprint density at radius 3 is 2.35 bits per heavy atom. The van der Waals surface area contributed by atoms with Gasteiger partial charge in [0.05, 0.1) is 17.1 Å². The van der Waals surface area contributed by atoms with Crippen molar-refractivity contribution >= 4 is 43.9 Å². The number of hydrogen-bond donors (Lipinski definition) is 2. The van der Waals surface area contributed by atoms with Gasteiger partial charge in [-0.3, -0.25) is 9.20 Å². The van der Waals surface area contributed by atoms with E-state index in [2.05, 4.69) is 23.5 Å². The van der Waals surface area contributed by atoms with Crippen LogP contribution in [0.25, 0.3) is 38.2 Å². The molecule has 0 saturated heterocycles. The Morgan fingerprint density at radius 1 is 0.912 bits per heavy atom. The van der Waals surface area contributed by atoms with E-state index in [9.17, 15) is 9.90 Å². The van der Waals surface area contributed by atoms with E-state index in [0.29, 0.717) is 6.04 Å². The lowest BCUT2D eigenvalue weighted by Gasteiger charge is -2.27. The highest BCUT2D eigenvalue weighted by Crippen LogP contribution is 2.35. The van der Waals surface area contributed by atoms with Gasteiger partial charge in [-0.1, -0.05) is 45.9 Å². The van der Waals surface area contributed by atoms with Crippen LogP contribution in [-0.2, 0) is 0 Å². The van der Waals surface area contributed by atoms with E-state index in [1.807, 2.05) is 65.0 Å². The van der Waals surface area contributed by atoms with E-state index in [4.69, 9.17) is 4.98 Å². The Labute approximate surface area is 200 Å². The second-order valence-electron chi connectivity index (χ2n) is 8.61. The molecule has 1 fully saturated rings. The van der Waals surface area contributed by atoms with Crippen LogP contribution in [0.3, 0.4) is 0 Å². The lowest BCUT2D eigenvalue weighted by molar-refractivity contribution is 0.126. The Bertz CT molecular complexity index is 1480. The average Bonchev–Trinajstić information content (AvgIpc) is 3.26. The quantitative estimate of drug-likeness (QED) is 0.311. The zero-order valence-electron chi connectivity index (χ0n) is 20.9. The van der Waals surface area contributed by atoms with Crippen molar-refractivity contribution in [3.8, 4) is 0 Å². The molecule has 1 aliphatic carbocycles. The first-order valence-corrected chi connectivity index (χ1v) is 12.6. The molecule has 2 aromatic heterocycles. The van der Waals surface area contributed by atoms with Crippen LogP contribution < -0.4 is 10.9 Å². The number of nitrogens with one attached hydrogen (secondary N) is 1. The van der Waals surface area contributed by atoms with Crippen molar-refractivity contribution in [1.82, 2.24) is 9.38 Å². The summed E-state index contributed by atoms with van der Waals surface area (Å²) in [6, 6.07) is 16.5. The van der Waals surface area contributed by atoms with Gasteiger partial charge in [-0.25, -0.2) is 4.98 Å². The molecule has 6 rings (SSSR count). The van der Waals surface area contributed by atoms with Crippen LogP contribution in [0, 0.1) is 6.92 Å². The zero-order valence-corrected chi connectivity index (χ0v) is 20.9. The topological polar surface area (TPSA) is 66.6 Å². The SMILES string of the molecule is CC.CC.Cc1ccc2c(c1)nc1c3ccc(NC4CCC(O)CC4)c4cccc(c(=O)n21)c43. The Morgan fingerprint density at radius 2 is 1.62 bits per heavy atom. The molecule has 5 heteroatoms. The molecule has 0 spiro atoms. The van der Waals surface area contributed by atoms with E-state index < -0.39 is 0 Å². The smallest absolute Gasteiger partial charge is 0.264 e. The van der Waals surface area contributed by atoms with E-state index in [-0.39, 0.29) is 11.7 Å². The molecule has 0 amide bonds. The fourth-order valence-electron chi connectivity index (χ4n) is 5.03. The highest BCUT2D eigenvalue weighted by atomic mass is 16.3. The van der Waals surface area contributed by atoms with Gasteiger partial charge in [-0.05, 0) is 68.5 Å². The molecule has 3 aromatic carbocycles. The molecule has 2 N–H and O–H groups in total. The normalized spacial score (nSPS) is 17.9. The van der Waals surface area contributed by atoms with Gasteiger partial charge in [0.15, 0.2) is 0 Å². The van der Waals surface area contributed by atoms with Crippen LogP contribution in [0.15, 0.2) is 53.3 Å². The van der Waals surface area contributed by atoms with Gasteiger partial charge in [0.25, 0.3) is 5.56 Å². The third-order valence-electron chi connectivity index (χ3n) is 6.58. The minimum absolute atomic E-state index is 0.0209. The number of nitrogens with zero attached hydrogens (tertiary/aromatic N) is 2. The first kappa shape index (κ1) is 24.0. The summed E-state index contributed by atoms with van der Waals surface area (Å²) in [4.78, 5) is 18.3. The number of fused-ring (bicyclic) bond motifs is 4. The van der Waals surface area contributed by atoms with Crippen LogP contribution in [0.2, 0.25) is 0 Å². The molecule has 0 radical (unpaired) electrons. The lowest BCUT2D eigenvalue weighted by atomic mass is 9.92. The predicted molar refractivity (Wildman–Crippen MR) is 144 cm³/mol. The number of aliphatic hydroxyl groups is 1. The summed E-state index contributed by atoms with van der Waals surface area (Å²) in [7, 11) is 0. The predicted octanol–water partition coefficient (Wildman–Crippen LogP) is 6.67. The number of aromatic nitrogens is 2. The second kappa shape index (κ2) is 9.98. The number of rotatable bonds is 2. The third kappa shape index (κ3) is 3.98. The number of hydrogen-bond acceptors (Lipinski definition) is 4. The molecule has 1 saturated carbocycles. The van der Waals surface area contributed by atoms with E-state index in [1.54, 1.807) is 4.40 Å². The van der Waals surface area contributed by atoms with Crippen molar-refractivity contribution in [3.63, 3.8) is 0 Å². The number of benzene rings is 3. The van der Waals surface area contributed by atoms with Gasteiger partial charge >= 0.3 is 0 Å². The molecule has 5 nitrogen and oxygen atoms in total. The molecule has 34 heavy (non-hydrogen) atoms. The summed E-state index contributed by atoms with van der Waals surface area (Å²) < 4.78 is 1.75. The first-order chi connectivity index (χ1) is 16.6. The van der Waals surface area contributed by atoms with Gasteiger partial charge in [-0.15, -0.1) is 0 Å². The van der Waals surface area contributed by atoms with Crippen molar-refractivity contribution < 1.29 is 5.11 Å². The third-order valence-corrected chi connectivity index (χ3v) is 6.58. The molecule has 0 atom stereocenters. The van der Waals surface area contributed by atoms with Crippen LogP contribution in [0.1, 0.15) is 58.9 Å². The molecule has 0 bridgehead atoms. The zero-order chi connectivity index (χ0) is 24.4. The molecule has 0 unspecified atom stereocenters. The Balaban J connectivity index is 0.000000652. The van der Waals surface area contributed by atoms with Crippen molar-refractivity contribution in [2.24, 2.45) is 0 Å². The number of aryl methyl sites for hydroxylation is 1. The van der Waals surface area contributed by atoms with E-state index in [0.717, 1.165) is 75.2 Å². The molecular weight excluding hydrogens is 422 g/mol. The van der Waals surface area contributed by atoms with E-state index >= 15 is 0 Å². The van der Waals surface area contributed by atoms with Crippen LogP contribution in [0.5, 0.6) is 0 Å². The number of aliphatic hydroxyl groups excluding tert-OH is 1. The fourth-order valence-corrected chi connectivity index (χ4v) is 5.03. The Kier molecular flexibility index (Phi) is 7.03. The van der Waals surface area contributed by atoms with Gasteiger partial charge in [0.1, 0.15) is 5.65 Å². The highest BCUT2D eigenvalue weighted by Gasteiger charge is 2.21. The van der Waals surface area contributed by atoms with Gasteiger partial charge in [0.2, 0.25) is 0 Å². The van der Waals surface area contributed by atoms with Gasteiger partial charge < -0.3 is 10.4 Å². The fraction of sp³-hybridized carbons (Fsp3) is 0.379. The monoisotopic (exact) mass is 457 g/mol. The van der Waals surface area contributed by atoms with Crippen molar-refractivity contribution in [2.45, 2.75) is 72.4 Å². The lowest BCUT2D eigenvalue weighted by Crippen LogP contribution is -2.28. The summed E-state index contributed by atoms with van der Waals surface area (Å²) in [5.41, 5.74) is 4.58. The van der Waals surface area contributed by atoms with Crippen LogP contribution >= 0.6 is 0 Å². The maximum atomic E-state index is 13.5. The highest BCUT2D eigenvalue weighted by molar-refractivity contribution is 6.18. The minimum Gasteiger partial charge on any atom is -0.393 e. The largest absolute Gasteiger partial charge is 0.393 e. The minimum atomic E-state index is -0.173. The molecule has 1 aliphatic rings. The van der Waals surface area contributed by atoms with Crippen molar-refractivity contribution in [2.75, 3.05) is 5.32 Å². The summed E-state index contributed by atoms with van der Waals surface area (Å²) in [6.45, 7) is 10.0.